The van der Waals surface area contributed by atoms with Crippen molar-refractivity contribution in [2.24, 2.45) is 0 Å². The van der Waals surface area contributed by atoms with E-state index in [-0.39, 0.29) is 5.82 Å². The minimum atomic E-state index is -0.198. The quantitative estimate of drug-likeness (QED) is 0.741. The Morgan fingerprint density at radius 3 is 2.31 bits per heavy atom. The van der Waals surface area contributed by atoms with Crippen LogP contribution in [0, 0.1) is 12.7 Å². The van der Waals surface area contributed by atoms with Crippen LogP contribution in [0.3, 0.4) is 0 Å². The van der Waals surface area contributed by atoms with E-state index in [2.05, 4.69) is 0 Å². The predicted molar refractivity (Wildman–Crippen MR) is 63.1 cm³/mol. The van der Waals surface area contributed by atoms with Gasteiger partial charge in [0.15, 0.2) is 0 Å². The summed E-state index contributed by atoms with van der Waals surface area (Å²) in [4.78, 5) is 0. The van der Waals surface area contributed by atoms with Crippen LogP contribution < -0.4 is 4.74 Å². The molecule has 2 aromatic rings. The minimum Gasteiger partial charge on any atom is -0.497 e. The van der Waals surface area contributed by atoms with Gasteiger partial charge in [0.25, 0.3) is 0 Å². The number of hydrogen-bond acceptors (Lipinski definition) is 1. The molecule has 0 aromatic heterocycles. The summed E-state index contributed by atoms with van der Waals surface area (Å²) in [6.07, 6.45) is 0. The highest BCUT2D eigenvalue weighted by Gasteiger charge is 2.04. The number of benzene rings is 2. The third-order valence-electron chi connectivity index (χ3n) is 2.52. The second-order valence-electron chi connectivity index (χ2n) is 3.71. The summed E-state index contributed by atoms with van der Waals surface area (Å²) in [5.41, 5.74) is 2.54. The van der Waals surface area contributed by atoms with E-state index < -0.39 is 0 Å². The zero-order valence-electron chi connectivity index (χ0n) is 9.33. The maximum Gasteiger partial charge on any atom is 0.131 e. The van der Waals surface area contributed by atoms with E-state index in [9.17, 15) is 4.39 Å². The average Bonchev–Trinajstić information content (AvgIpc) is 2.32. The molecular formula is C14H13FO. The molecule has 0 aliphatic heterocycles. The summed E-state index contributed by atoms with van der Waals surface area (Å²) in [7, 11) is 1.61. The molecule has 82 valence electrons. The molecule has 0 unspecified atom stereocenters. The molecular weight excluding hydrogens is 203 g/mol. The zero-order valence-corrected chi connectivity index (χ0v) is 9.33. The van der Waals surface area contributed by atoms with Gasteiger partial charge >= 0.3 is 0 Å². The van der Waals surface area contributed by atoms with Gasteiger partial charge in [-0.15, -0.1) is 0 Å². The minimum absolute atomic E-state index is 0.198. The van der Waals surface area contributed by atoms with E-state index in [0.29, 0.717) is 5.56 Å². The van der Waals surface area contributed by atoms with Crippen LogP contribution in [0.4, 0.5) is 4.39 Å². The first-order valence-corrected chi connectivity index (χ1v) is 5.11. The highest BCUT2D eigenvalue weighted by Crippen LogP contribution is 2.25. The van der Waals surface area contributed by atoms with Gasteiger partial charge in [-0.25, -0.2) is 4.39 Å². The predicted octanol–water partition coefficient (Wildman–Crippen LogP) is 3.81. The summed E-state index contributed by atoms with van der Waals surface area (Å²) >= 11 is 0. The van der Waals surface area contributed by atoms with E-state index in [1.54, 1.807) is 13.2 Å². The number of methoxy groups -OCH3 is 1. The fraction of sp³-hybridized carbons (Fsp3) is 0.143. The topological polar surface area (TPSA) is 9.23 Å². The van der Waals surface area contributed by atoms with Crippen LogP contribution in [0.25, 0.3) is 11.1 Å². The van der Waals surface area contributed by atoms with Gasteiger partial charge in [0.2, 0.25) is 0 Å². The average molecular weight is 216 g/mol. The van der Waals surface area contributed by atoms with Crippen molar-refractivity contribution in [1.82, 2.24) is 0 Å². The van der Waals surface area contributed by atoms with Gasteiger partial charge in [0.1, 0.15) is 11.6 Å². The molecule has 0 fully saturated rings. The molecule has 0 atom stereocenters. The van der Waals surface area contributed by atoms with Crippen molar-refractivity contribution in [2.75, 3.05) is 7.11 Å². The second-order valence-corrected chi connectivity index (χ2v) is 3.71. The summed E-state index contributed by atoms with van der Waals surface area (Å²) in [5, 5.41) is 0. The van der Waals surface area contributed by atoms with Crippen molar-refractivity contribution in [2.45, 2.75) is 6.92 Å². The standard InChI is InChI=1S/C14H13FO/c1-10-3-8-14(15)13(9-10)11-4-6-12(16-2)7-5-11/h3-9H,1-2H3. The lowest BCUT2D eigenvalue weighted by Gasteiger charge is -2.06. The number of rotatable bonds is 2. The number of hydrogen-bond donors (Lipinski definition) is 0. The molecule has 0 saturated heterocycles. The Kier molecular flexibility index (Phi) is 2.91. The van der Waals surface area contributed by atoms with Crippen LogP contribution in [0.15, 0.2) is 42.5 Å². The van der Waals surface area contributed by atoms with E-state index in [4.69, 9.17) is 4.74 Å². The lowest BCUT2D eigenvalue weighted by Crippen LogP contribution is -1.87. The first kappa shape index (κ1) is 10.7. The normalized spacial score (nSPS) is 10.2. The Bertz CT molecular complexity index is 489. The van der Waals surface area contributed by atoms with Gasteiger partial charge in [-0.1, -0.05) is 23.8 Å². The lowest BCUT2D eigenvalue weighted by molar-refractivity contribution is 0.415. The van der Waals surface area contributed by atoms with Crippen LogP contribution in [0.5, 0.6) is 5.75 Å². The fourth-order valence-electron chi connectivity index (χ4n) is 1.63. The Balaban J connectivity index is 2.45. The van der Waals surface area contributed by atoms with E-state index in [1.807, 2.05) is 37.3 Å². The molecule has 2 rings (SSSR count). The summed E-state index contributed by atoms with van der Waals surface area (Å²) in [6.45, 7) is 1.95. The van der Waals surface area contributed by atoms with Crippen molar-refractivity contribution >= 4 is 0 Å². The molecule has 2 heteroatoms. The smallest absolute Gasteiger partial charge is 0.131 e. The van der Waals surface area contributed by atoms with E-state index in [0.717, 1.165) is 16.9 Å². The molecule has 0 spiro atoms. The van der Waals surface area contributed by atoms with Crippen molar-refractivity contribution in [3.8, 4) is 16.9 Å². The lowest BCUT2D eigenvalue weighted by atomic mass is 10.0. The molecule has 0 saturated carbocycles. The van der Waals surface area contributed by atoms with Gasteiger partial charge in [-0.2, -0.15) is 0 Å². The largest absolute Gasteiger partial charge is 0.497 e. The first-order valence-electron chi connectivity index (χ1n) is 5.11. The maximum absolute atomic E-state index is 13.6. The molecule has 0 bridgehead atoms. The monoisotopic (exact) mass is 216 g/mol. The van der Waals surface area contributed by atoms with Crippen LogP contribution in [0.2, 0.25) is 0 Å². The third-order valence-corrected chi connectivity index (χ3v) is 2.52. The van der Waals surface area contributed by atoms with Gasteiger partial charge < -0.3 is 4.74 Å². The molecule has 0 aliphatic carbocycles. The zero-order chi connectivity index (χ0) is 11.5. The Labute approximate surface area is 94.5 Å². The van der Waals surface area contributed by atoms with Gasteiger partial charge in [0.05, 0.1) is 7.11 Å². The van der Waals surface area contributed by atoms with E-state index >= 15 is 0 Å². The SMILES string of the molecule is COc1ccc(-c2cc(C)ccc2F)cc1. The van der Waals surface area contributed by atoms with E-state index in [1.165, 1.54) is 6.07 Å². The molecule has 0 N–H and O–H groups in total. The van der Waals surface area contributed by atoms with Gasteiger partial charge in [0, 0.05) is 5.56 Å². The van der Waals surface area contributed by atoms with Gasteiger partial charge in [-0.3, -0.25) is 0 Å². The maximum atomic E-state index is 13.6. The highest BCUT2D eigenvalue weighted by molar-refractivity contribution is 5.65. The first-order chi connectivity index (χ1) is 7.70. The van der Waals surface area contributed by atoms with Crippen LogP contribution in [0.1, 0.15) is 5.56 Å². The molecule has 1 nitrogen and oxygen atoms in total. The molecule has 0 aliphatic rings. The van der Waals surface area contributed by atoms with Crippen LogP contribution in [-0.2, 0) is 0 Å². The van der Waals surface area contributed by atoms with Crippen molar-refractivity contribution in [1.29, 1.82) is 0 Å². The number of ether oxygens (including phenoxy) is 1. The molecule has 2 aromatic carbocycles. The Morgan fingerprint density at radius 1 is 1.00 bits per heavy atom. The second kappa shape index (κ2) is 4.35. The van der Waals surface area contributed by atoms with Crippen molar-refractivity contribution in [3.63, 3.8) is 0 Å². The third kappa shape index (κ3) is 2.06. The summed E-state index contributed by atoms with van der Waals surface area (Å²) < 4.78 is 18.7. The molecule has 0 heterocycles. The van der Waals surface area contributed by atoms with Crippen LogP contribution >= 0.6 is 0 Å². The molecule has 0 radical (unpaired) electrons. The fourth-order valence-corrected chi connectivity index (χ4v) is 1.63. The van der Waals surface area contributed by atoms with Crippen molar-refractivity contribution < 1.29 is 9.13 Å². The molecule has 0 amide bonds. The molecule has 16 heavy (non-hydrogen) atoms. The van der Waals surface area contributed by atoms with Crippen LogP contribution in [-0.4, -0.2) is 7.11 Å². The Hall–Kier alpha value is -1.83. The Morgan fingerprint density at radius 2 is 1.69 bits per heavy atom. The number of aryl methyl sites for hydroxylation is 1. The van der Waals surface area contributed by atoms with Gasteiger partial charge in [-0.05, 0) is 36.8 Å². The summed E-state index contributed by atoms with van der Waals surface area (Å²) in [6, 6.07) is 12.5. The summed E-state index contributed by atoms with van der Waals surface area (Å²) in [5.74, 6) is 0.576. The number of halogens is 1. The van der Waals surface area contributed by atoms with Crippen molar-refractivity contribution in [3.05, 3.63) is 53.8 Å². The highest BCUT2D eigenvalue weighted by atomic mass is 19.1.